The van der Waals surface area contributed by atoms with Gasteiger partial charge in [0, 0.05) is 18.7 Å². The van der Waals surface area contributed by atoms with E-state index in [1.54, 1.807) is 26.0 Å². The molecule has 0 saturated carbocycles. The fourth-order valence-corrected chi connectivity index (χ4v) is 3.32. The van der Waals surface area contributed by atoms with Gasteiger partial charge in [-0.1, -0.05) is 30.3 Å². The number of morpholine rings is 1. The Bertz CT molecular complexity index is 779. The summed E-state index contributed by atoms with van der Waals surface area (Å²) in [6, 6.07) is 12.7. The van der Waals surface area contributed by atoms with Gasteiger partial charge in [-0.25, -0.2) is 0 Å². The van der Waals surface area contributed by atoms with Gasteiger partial charge >= 0.3 is 5.92 Å². The molecule has 2 aromatic carbocycles. The lowest BCUT2D eigenvalue weighted by atomic mass is 9.95. The quantitative estimate of drug-likeness (QED) is 0.797. The SMILES string of the molecule is Cc1cc(OCc2ccccc2)cc(C)c1C(F)(F)C(=O)N1CCOCC1. The van der Waals surface area contributed by atoms with Crippen LogP contribution in [0.5, 0.6) is 5.75 Å². The van der Waals surface area contributed by atoms with Crippen LogP contribution in [0.1, 0.15) is 22.3 Å². The first-order chi connectivity index (χ1) is 12.9. The van der Waals surface area contributed by atoms with Crippen molar-refractivity contribution < 1.29 is 23.0 Å². The molecule has 2 aromatic rings. The second-order valence-corrected chi connectivity index (χ2v) is 6.69. The number of hydrogen-bond donors (Lipinski definition) is 0. The van der Waals surface area contributed by atoms with Crippen molar-refractivity contribution in [2.45, 2.75) is 26.4 Å². The standard InChI is InChI=1S/C21H23F2NO3/c1-15-12-18(27-14-17-6-4-3-5-7-17)13-16(2)19(15)21(22,23)20(25)24-8-10-26-11-9-24/h3-7,12-13H,8-11,14H2,1-2H3. The largest absolute Gasteiger partial charge is 0.489 e. The lowest BCUT2D eigenvalue weighted by molar-refractivity contribution is -0.163. The maximum absolute atomic E-state index is 15.0. The third-order valence-electron chi connectivity index (χ3n) is 4.64. The van der Waals surface area contributed by atoms with Gasteiger partial charge < -0.3 is 14.4 Å². The smallest absolute Gasteiger partial charge is 0.350 e. The summed E-state index contributed by atoms with van der Waals surface area (Å²) >= 11 is 0. The van der Waals surface area contributed by atoms with E-state index in [1.807, 2.05) is 30.3 Å². The van der Waals surface area contributed by atoms with E-state index in [0.29, 0.717) is 23.5 Å². The van der Waals surface area contributed by atoms with Gasteiger partial charge in [0.2, 0.25) is 0 Å². The Hall–Kier alpha value is -2.47. The summed E-state index contributed by atoms with van der Waals surface area (Å²) < 4.78 is 40.8. The number of amides is 1. The Morgan fingerprint density at radius 2 is 1.70 bits per heavy atom. The van der Waals surface area contributed by atoms with Gasteiger partial charge in [0.15, 0.2) is 0 Å². The first kappa shape index (κ1) is 19.3. The molecule has 1 fully saturated rings. The number of ether oxygens (including phenoxy) is 2. The van der Waals surface area contributed by atoms with E-state index in [2.05, 4.69) is 0 Å². The van der Waals surface area contributed by atoms with E-state index >= 15 is 0 Å². The van der Waals surface area contributed by atoms with Gasteiger partial charge in [-0.2, -0.15) is 8.78 Å². The molecule has 0 aromatic heterocycles. The number of alkyl halides is 2. The van der Waals surface area contributed by atoms with Crippen LogP contribution in [-0.2, 0) is 22.1 Å². The zero-order chi connectivity index (χ0) is 19.4. The van der Waals surface area contributed by atoms with E-state index in [1.165, 1.54) is 4.90 Å². The minimum absolute atomic E-state index is 0.185. The van der Waals surface area contributed by atoms with Crippen molar-refractivity contribution in [1.82, 2.24) is 4.90 Å². The van der Waals surface area contributed by atoms with E-state index < -0.39 is 11.8 Å². The number of aryl methyl sites for hydroxylation is 2. The number of carbonyl (C=O) groups excluding carboxylic acids is 1. The van der Waals surface area contributed by atoms with Crippen LogP contribution in [0.2, 0.25) is 0 Å². The molecule has 6 heteroatoms. The van der Waals surface area contributed by atoms with Crippen LogP contribution in [0.25, 0.3) is 0 Å². The molecule has 1 aliphatic heterocycles. The number of rotatable bonds is 5. The molecule has 1 amide bonds. The van der Waals surface area contributed by atoms with Crippen molar-refractivity contribution in [3.63, 3.8) is 0 Å². The van der Waals surface area contributed by atoms with E-state index in [9.17, 15) is 13.6 Å². The normalized spacial score (nSPS) is 14.9. The molecular formula is C21H23F2NO3. The molecular weight excluding hydrogens is 352 g/mol. The van der Waals surface area contributed by atoms with Crippen molar-refractivity contribution in [3.8, 4) is 5.75 Å². The number of nitrogens with zero attached hydrogens (tertiary/aromatic N) is 1. The summed E-state index contributed by atoms with van der Waals surface area (Å²) in [5, 5.41) is 0. The Labute approximate surface area is 157 Å². The number of benzene rings is 2. The zero-order valence-corrected chi connectivity index (χ0v) is 15.5. The minimum Gasteiger partial charge on any atom is -0.489 e. The van der Waals surface area contributed by atoms with Crippen LogP contribution in [-0.4, -0.2) is 37.1 Å². The molecule has 0 bridgehead atoms. The second kappa shape index (κ2) is 8.05. The zero-order valence-electron chi connectivity index (χ0n) is 15.5. The van der Waals surface area contributed by atoms with Crippen LogP contribution in [0.15, 0.2) is 42.5 Å². The summed E-state index contributed by atoms with van der Waals surface area (Å²) in [6.07, 6.45) is 0. The molecule has 0 N–H and O–H groups in total. The Morgan fingerprint density at radius 1 is 1.11 bits per heavy atom. The van der Waals surface area contributed by atoms with Crippen LogP contribution < -0.4 is 4.74 Å². The maximum atomic E-state index is 15.0. The molecule has 0 atom stereocenters. The van der Waals surface area contributed by atoms with Gasteiger partial charge in [0.25, 0.3) is 5.91 Å². The molecule has 3 rings (SSSR count). The predicted octanol–water partition coefficient (Wildman–Crippen LogP) is 3.83. The molecule has 0 aliphatic carbocycles. The molecule has 0 unspecified atom stereocenters. The van der Waals surface area contributed by atoms with Crippen molar-refractivity contribution in [2.75, 3.05) is 26.3 Å². The highest BCUT2D eigenvalue weighted by Crippen LogP contribution is 2.37. The summed E-state index contributed by atoms with van der Waals surface area (Å²) in [5.74, 6) is -4.24. The molecule has 1 aliphatic rings. The van der Waals surface area contributed by atoms with Gasteiger partial charge in [-0.3, -0.25) is 4.79 Å². The monoisotopic (exact) mass is 375 g/mol. The highest BCUT2D eigenvalue weighted by molar-refractivity contribution is 5.86. The molecule has 144 valence electrons. The second-order valence-electron chi connectivity index (χ2n) is 6.69. The van der Waals surface area contributed by atoms with Crippen LogP contribution in [0, 0.1) is 13.8 Å². The van der Waals surface area contributed by atoms with Gasteiger partial charge in [-0.15, -0.1) is 0 Å². The van der Waals surface area contributed by atoms with Crippen molar-refractivity contribution in [2.24, 2.45) is 0 Å². The third-order valence-corrected chi connectivity index (χ3v) is 4.64. The Morgan fingerprint density at radius 3 is 2.30 bits per heavy atom. The maximum Gasteiger partial charge on any atom is 0.350 e. The van der Waals surface area contributed by atoms with Crippen molar-refractivity contribution in [1.29, 1.82) is 0 Å². The molecule has 27 heavy (non-hydrogen) atoms. The summed E-state index contributed by atoms with van der Waals surface area (Å²) in [4.78, 5) is 13.6. The average Bonchev–Trinajstić information content (AvgIpc) is 2.66. The molecule has 1 saturated heterocycles. The van der Waals surface area contributed by atoms with E-state index in [0.717, 1.165) is 5.56 Å². The molecule has 0 radical (unpaired) electrons. The summed E-state index contributed by atoms with van der Waals surface area (Å²) in [5.41, 5.74) is 1.42. The van der Waals surface area contributed by atoms with Gasteiger partial charge in [0.1, 0.15) is 12.4 Å². The van der Waals surface area contributed by atoms with Gasteiger partial charge in [-0.05, 0) is 42.7 Å². The highest BCUT2D eigenvalue weighted by atomic mass is 19.3. The topological polar surface area (TPSA) is 38.8 Å². The van der Waals surface area contributed by atoms with Crippen LogP contribution >= 0.6 is 0 Å². The fraction of sp³-hybridized carbons (Fsp3) is 0.381. The first-order valence-electron chi connectivity index (χ1n) is 8.93. The summed E-state index contributed by atoms with van der Waals surface area (Å²) in [7, 11) is 0. The Balaban J connectivity index is 1.80. The highest BCUT2D eigenvalue weighted by Gasteiger charge is 2.46. The fourth-order valence-electron chi connectivity index (χ4n) is 3.32. The minimum atomic E-state index is -3.58. The van der Waals surface area contributed by atoms with E-state index in [4.69, 9.17) is 9.47 Å². The van der Waals surface area contributed by atoms with Crippen LogP contribution in [0.4, 0.5) is 8.78 Å². The number of hydrogen-bond acceptors (Lipinski definition) is 3. The van der Waals surface area contributed by atoms with E-state index in [-0.39, 0.29) is 31.9 Å². The average molecular weight is 375 g/mol. The Kier molecular flexibility index (Phi) is 5.75. The molecule has 1 heterocycles. The number of halogens is 2. The third kappa shape index (κ3) is 4.27. The van der Waals surface area contributed by atoms with Gasteiger partial charge in [0.05, 0.1) is 13.2 Å². The van der Waals surface area contributed by atoms with Crippen molar-refractivity contribution in [3.05, 3.63) is 64.7 Å². The van der Waals surface area contributed by atoms with Crippen molar-refractivity contribution >= 4 is 5.91 Å². The molecule has 0 spiro atoms. The summed E-state index contributed by atoms with van der Waals surface area (Å²) in [6.45, 7) is 4.45. The predicted molar refractivity (Wildman–Crippen MR) is 98.0 cm³/mol. The first-order valence-corrected chi connectivity index (χ1v) is 8.93. The lowest BCUT2D eigenvalue weighted by Gasteiger charge is -2.31. The molecule has 4 nitrogen and oxygen atoms in total. The number of carbonyl (C=O) groups is 1. The lowest BCUT2D eigenvalue weighted by Crippen LogP contribution is -2.47. The van der Waals surface area contributed by atoms with Crippen LogP contribution in [0.3, 0.4) is 0 Å².